The zero-order valence-electron chi connectivity index (χ0n) is 9.32. The van der Waals surface area contributed by atoms with Crippen LogP contribution in [0.15, 0.2) is 0 Å². The van der Waals surface area contributed by atoms with Crippen molar-refractivity contribution in [3.63, 3.8) is 0 Å². The molecular formula is C10H16N4OS. The quantitative estimate of drug-likeness (QED) is 0.710. The number of nitrogens with two attached hydrogens (primary N) is 1. The van der Waals surface area contributed by atoms with E-state index in [9.17, 15) is 0 Å². The maximum absolute atomic E-state index is 8.83. The third-order valence-corrected chi connectivity index (χ3v) is 2.75. The van der Waals surface area contributed by atoms with E-state index in [1.807, 2.05) is 6.07 Å². The van der Waals surface area contributed by atoms with E-state index in [-0.39, 0.29) is 0 Å². The molecule has 88 valence electrons. The Bertz CT molecular complexity index is 358. The Balaban J connectivity index is 2.25. The molecule has 0 aliphatic carbocycles. The number of hydrogen-bond acceptors (Lipinski definition) is 6. The van der Waals surface area contributed by atoms with Crippen molar-refractivity contribution in [1.82, 2.24) is 4.37 Å². The SMILES string of the molecule is CCCOCCCNc1snc(N)c1C#N. The fourth-order valence-corrected chi connectivity index (χ4v) is 1.84. The Kier molecular flexibility index (Phi) is 5.61. The van der Waals surface area contributed by atoms with E-state index >= 15 is 0 Å². The molecule has 0 radical (unpaired) electrons. The first-order chi connectivity index (χ1) is 7.79. The third kappa shape index (κ3) is 3.68. The van der Waals surface area contributed by atoms with Crippen LogP contribution in [0.2, 0.25) is 0 Å². The van der Waals surface area contributed by atoms with Gasteiger partial charge in [0.25, 0.3) is 0 Å². The van der Waals surface area contributed by atoms with Crippen LogP contribution in [0.4, 0.5) is 10.8 Å². The first-order valence-corrected chi connectivity index (χ1v) is 6.03. The van der Waals surface area contributed by atoms with Crippen molar-refractivity contribution in [3.05, 3.63) is 5.56 Å². The number of ether oxygens (including phenoxy) is 1. The summed E-state index contributed by atoms with van der Waals surface area (Å²) in [6, 6.07) is 2.03. The fraction of sp³-hybridized carbons (Fsp3) is 0.600. The molecule has 16 heavy (non-hydrogen) atoms. The molecule has 0 saturated heterocycles. The van der Waals surface area contributed by atoms with Gasteiger partial charge in [-0.1, -0.05) is 6.92 Å². The van der Waals surface area contributed by atoms with Crippen LogP contribution in [0.5, 0.6) is 0 Å². The average molecular weight is 240 g/mol. The predicted octanol–water partition coefficient (Wildman–Crippen LogP) is 1.83. The Morgan fingerprint density at radius 2 is 2.38 bits per heavy atom. The second-order valence-electron chi connectivity index (χ2n) is 3.28. The highest BCUT2D eigenvalue weighted by atomic mass is 32.1. The molecule has 0 saturated carbocycles. The number of nitrogen functional groups attached to an aromatic ring is 1. The topological polar surface area (TPSA) is 84.0 Å². The maximum atomic E-state index is 8.83. The van der Waals surface area contributed by atoms with Gasteiger partial charge in [0, 0.05) is 19.8 Å². The van der Waals surface area contributed by atoms with Gasteiger partial charge in [-0.2, -0.15) is 9.64 Å². The van der Waals surface area contributed by atoms with E-state index in [1.54, 1.807) is 0 Å². The van der Waals surface area contributed by atoms with Crippen LogP contribution in [-0.2, 0) is 4.74 Å². The van der Waals surface area contributed by atoms with Crippen molar-refractivity contribution in [2.75, 3.05) is 30.8 Å². The molecule has 1 aromatic rings. The number of nitriles is 1. The first kappa shape index (κ1) is 12.7. The summed E-state index contributed by atoms with van der Waals surface area (Å²) in [4.78, 5) is 0. The zero-order valence-corrected chi connectivity index (χ0v) is 10.1. The Morgan fingerprint density at radius 1 is 1.56 bits per heavy atom. The van der Waals surface area contributed by atoms with Crippen molar-refractivity contribution in [1.29, 1.82) is 5.26 Å². The molecule has 6 heteroatoms. The minimum absolute atomic E-state index is 0.303. The second kappa shape index (κ2) is 7.04. The first-order valence-electron chi connectivity index (χ1n) is 5.26. The zero-order chi connectivity index (χ0) is 11.8. The molecule has 0 unspecified atom stereocenters. The van der Waals surface area contributed by atoms with Crippen LogP contribution in [0.25, 0.3) is 0 Å². The number of aromatic nitrogens is 1. The van der Waals surface area contributed by atoms with Crippen molar-refractivity contribution in [3.8, 4) is 6.07 Å². The van der Waals surface area contributed by atoms with Gasteiger partial charge in [0.15, 0.2) is 5.82 Å². The van der Waals surface area contributed by atoms with E-state index in [0.717, 1.165) is 37.6 Å². The van der Waals surface area contributed by atoms with E-state index in [1.165, 1.54) is 11.5 Å². The fourth-order valence-electron chi connectivity index (χ4n) is 1.15. The standard InChI is InChI=1S/C10H16N4OS/c1-2-5-15-6-3-4-13-10-8(7-11)9(12)14-16-10/h13H,2-6H2,1H3,(H2,12,14). The van der Waals surface area contributed by atoms with Crippen molar-refractivity contribution < 1.29 is 4.74 Å². The average Bonchev–Trinajstić information content (AvgIpc) is 2.64. The van der Waals surface area contributed by atoms with Crippen LogP contribution >= 0.6 is 11.5 Å². The number of rotatable bonds is 7. The highest BCUT2D eigenvalue weighted by Gasteiger charge is 2.09. The third-order valence-electron chi connectivity index (χ3n) is 1.93. The van der Waals surface area contributed by atoms with Gasteiger partial charge in [-0.3, -0.25) is 0 Å². The number of anilines is 2. The largest absolute Gasteiger partial charge is 0.382 e. The van der Waals surface area contributed by atoms with E-state index in [4.69, 9.17) is 15.7 Å². The lowest BCUT2D eigenvalue weighted by Crippen LogP contribution is -2.06. The lowest BCUT2D eigenvalue weighted by Gasteiger charge is -2.04. The van der Waals surface area contributed by atoms with E-state index in [0.29, 0.717) is 11.4 Å². The van der Waals surface area contributed by atoms with Gasteiger partial charge < -0.3 is 15.8 Å². The van der Waals surface area contributed by atoms with Gasteiger partial charge >= 0.3 is 0 Å². The summed E-state index contributed by atoms with van der Waals surface area (Å²) >= 11 is 1.22. The van der Waals surface area contributed by atoms with E-state index < -0.39 is 0 Å². The van der Waals surface area contributed by atoms with Gasteiger partial charge in [-0.05, 0) is 24.4 Å². The number of hydrogen-bond donors (Lipinski definition) is 2. The van der Waals surface area contributed by atoms with Gasteiger partial charge in [0.2, 0.25) is 0 Å². The van der Waals surface area contributed by atoms with Gasteiger partial charge in [-0.25, -0.2) is 0 Å². The number of nitrogens with one attached hydrogen (secondary N) is 1. The molecule has 1 rings (SSSR count). The predicted molar refractivity (Wildman–Crippen MR) is 65.5 cm³/mol. The summed E-state index contributed by atoms with van der Waals surface area (Å²) in [7, 11) is 0. The molecule has 0 fully saturated rings. The highest BCUT2D eigenvalue weighted by molar-refractivity contribution is 7.10. The maximum Gasteiger partial charge on any atom is 0.157 e. The van der Waals surface area contributed by atoms with Crippen LogP contribution in [0.3, 0.4) is 0 Å². The van der Waals surface area contributed by atoms with Crippen LogP contribution in [0.1, 0.15) is 25.3 Å². The van der Waals surface area contributed by atoms with Crippen LogP contribution in [-0.4, -0.2) is 24.1 Å². The lowest BCUT2D eigenvalue weighted by molar-refractivity contribution is 0.134. The number of nitrogens with zero attached hydrogens (tertiary/aromatic N) is 2. The Hall–Kier alpha value is -1.32. The van der Waals surface area contributed by atoms with Crippen molar-refractivity contribution in [2.45, 2.75) is 19.8 Å². The lowest BCUT2D eigenvalue weighted by atomic mass is 10.3. The minimum Gasteiger partial charge on any atom is -0.382 e. The molecular weight excluding hydrogens is 224 g/mol. The molecule has 5 nitrogen and oxygen atoms in total. The summed E-state index contributed by atoms with van der Waals surface area (Å²) in [5.74, 6) is 0.303. The molecule has 0 bridgehead atoms. The summed E-state index contributed by atoms with van der Waals surface area (Å²) in [5.41, 5.74) is 5.98. The van der Waals surface area contributed by atoms with Crippen LogP contribution < -0.4 is 11.1 Å². The van der Waals surface area contributed by atoms with E-state index in [2.05, 4.69) is 16.6 Å². The summed E-state index contributed by atoms with van der Waals surface area (Å²) in [5, 5.41) is 12.7. The van der Waals surface area contributed by atoms with Crippen molar-refractivity contribution >= 4 is 22.4 Å². The molecule has 0 aromatic carbocycles. The highest BCUT2D eigenvalue weighted by Crippen LogP contribution is 2.25. The molecule has 0 amide bonds. The molecule has 0 aliphatic heterocycles. The molecule has 0 aliphatic rings. The van der Waals surface area contributed by atoms with Crippen LogP contribution in [0, 0.1) is 11.3 Å². The molecule has 3 N–H and O–H groups in total. The molecule has 1 heterocycles. The Morgan fingerprint density at radius 3 is 3.06 bits per heavy atom. The van der Waals surface area contributed by atoms with Crippen molar-refractivity contribution in [2.24, 2.45) is 0 Å². The van der Waals surface area contributed by atoms with Gasteiger partial charge in [0.1, 0.15) is 16.6 Å². The normalized spacial score (nSPS) is 10.0. The minimum atomic E-state index is 0.303. The smallest absolute Gasteiger partial charge is 0.157 e. The summed E-state index contributed by atoms with van der Waals surface area (Å²) < 4.78 is 9.26. The summed E-state index contributed by atoms with van der Waals surface area (Å²) in [6.45, 7) is 4.38. The summed E-state index contributed by atoms with van der Waals surface area (Å²) in [6.07, 6.45) is 1.94. The monoisotopic (exact) mass is 240 g/mol. The molecule has 0 atom stereocenters. The van der Waals surface area contributed by atoms with Gasteiger partial charge in [0.05, 0.1) is 0 Å². The molecule has 0 spiro atoms. The second-order valence-corrected chi connectivity index (χ2v) is 4.05. The molecule has 1 aromatic heterocycles. The Labute approximate surface area is 99.4 Å². The van der Waals surface area contributed by atoms with Gasteiger partial charge in [-0.15, -0.1) is 0 Å².